The maximum atomic E-state index is 12.8. The van der Waals surface area contributed by atoms with E-state index in [4.69, 9.17) is 0 Å². The number of hydrogen-bond donors (Lipinski definition) is 2. The molecule has 28 heavy (non-hydrogen) atoms. The standard InChI is InChI=1S/C22H32N2O3S/c1-3-18-11-8-12-19(4-2)24(18)16-20(25)15-23-28(26,27)22-14-7-10-17-9-5-6-13-21(17)22/h5-7,9-10,13-14,18-20,23,25H,3-4,8,11-12,15-16H2,1-2H3/t18-,19+,20-/m0/s1. The number of piperidine rings is 1. The molecule has 3 rings (SSSR count). The Morgan fingerprint density at radius 2 is 1.71 bits per heavy atom. The van der Waals surface area contributed by atoms with Crippen LogP contribution in [0, 0.1) is 0 Å². The Bertz CT molecular complexity index is 867. The van der Waals surface area contributed by atoms with Gasteiger partial charge in [-0.1, -0.05) is 56.7 Å². The summed E-state index contributed by atoms with van der Waals surface area (Å²) in [6.07, 6.45) is 4.93. The van der Waals surface area contributed by atoms with Crippen molar-refractivity contribution >= 4 is 20.8 Å². The van der Waals surface area contributed by atoms with Crippen LogP contribution in [0.2, 0.25) is 0 Å². The van der Waals surface area contributed by atoms with Gasteiger partial charge in [-0.3, -0.25) is 4.90 Å². The number of nitrogens with zero attached hydrogens (tertiary/aromatic N) is 1. The van der Waals surface area contributed by atoms with Crippen LogP contribution in [0.15, 0.2) is 47.4 Å². The molecule has 0 radical (unpaired) electrons. The van der Waals surface area contributed by atoms with Gasteiger partial charge in [0.25, 0.3) is 0 Å². The first kappa shape index (κ1) is 21.2. The molecule has 1 aliphatic rings. The summed E-state index contributed by atoms with van der Waals surface area (Å²) < 4.78 is 28.3. The average molecular weight is 405 g/mol. The monoisotopic (exact) mass is 404 g/mol. The SMILES string of the molecule is CC[C@@H]1CCC[C@H](CC)N1C[C@@H](O)CNS(=O)(=O)c1cccc2ccccc12. The number of hydrogen-bond acceptors (Lipinski definition) is 4. The van der Waals surface area contributed by atoms with Crippen LogP contribution in [-0.4, -0.2) is 49.7 Å². The van der Waals surface area contributed by atoms with Gasteiger partial charge in [0.1, 0.15) is 0 Å². The highest BCUT2D eigenvalue weighted by atomic mass is 32.2. The zero-order valence-electron chi connectivity index (χ0n) is 16.8. The van der Waals surface area contributed by atoms with Crippen molar-refractivity contribution in [1.82, 2.24) is 9.62 Å². The molecule has 0 bridgehead atoms. The molecule has 3 atom stereocenters. The van der Waals surface area contributed by atoms with Crippen LogP contribution in [0.4, 0.5) is 0 Å². The minimum absolute atomic E-state index is 0.0227. The molecule has 5 nitrogen and oxygen atoms in total. The Balaban J connectivity index is 1.68. The second-order valence-electron chi connectivity index (χ2n) is 7.73. The van der Waals surface area contributed by atoms with Crippen LogP contribution in [0.25, 0.3) is 10.8 Å². The quantitative estimate of drug-likeness (QED) is 0.706. The third kappa shape index (κ3) is 4.74. The molecule has 2 aromatic rings. The molecule has 0 saturated carbocycles. The molecule has 154 valence electrons. The third-order valence-electron chi connectivity index (χ3n) is 5.92. The molecule has 0 unspecified atom stereocenters. The van der Waals surface area contributed by atoms with Gasteiger partial charge in [-0.05, 0) is 37.1 Å². The van der Waals surface area contributed by atoms with E-state index in [2.05, 4.69) is 23.5 Å². The summed E-state index contributed by atoms with van der Waals surface area (Å²) in [5, 5.41) is 12.2. The Kier molecular flexibility index (Phi) is 7.10. The van der Waals surface area contributed by atoms with Crippen LogP contribution in [0.1, 0.15) is 46.0 Å². The predicted molar refractivity (Wildman–Crippen MR) is 114 cm³/mol. The zero-order valence-corrected chi connectivity index (χ0v) is 17.7. The van der Waals surface area contributed by atoms with Gasteiger partial charge in [0.15, 0.2) is 0 Å². The van der Waals surface area contributed by atoms with Gasteiger partial charge in [-0.15, -0.1) is 0 Å². The van der Waals surface area contributed by atoms with E-state index in [-0.39, 0.29) is 11.4 Å². The molecule has 6 heteroatoms. The summed E-state index contributed by atoms with van der Waals surface area (Å²) in [7, 11) is -3.69. The van der Waals surface area contributed by atoms with E-state index in [0.717, 1.165) is 31.1 Å². The number of β-amino-alcohol motifs (C(OH)–C–C–N with tert-alkyl or cyclic N) is 1. The summed E-state index contributed by atoms with van der Waals surface area (Å²) in [4.78, 5) is 2.65. The highest BCUT2D eigenvalue weighted by molar-refractivity contribution is 7.89. The summed E-state index contributed by atoms with van der Waals surface area (Å²) in [5.74, 6) is 0. The maximum Gasteiger partial charge on any atom is 0.241 e. The summed E-state index contributed by atoms with van der Waals surface area (Å²) in [6, 6.07) is 13.6. The van der Waals surface area contributed by atoms with Crippen LogP contribution in [0.5, 0.6) is 0 Å². The number of aliphatic hydroxyl groups excluding tert-OH is 1. The molecule has 0 spiro atoms. The Labute approximate surface area is 168 Å². The fourth-order valence-electron chi connectivity index (χ4n) is 4.42. The van der Waals surface area contributed by atoms with E-state index in [1.165, 1.54) is 6.42 Å². The molecular formula is C22H32N2O3S. The second kappa shape index (κ2) is 9.35. The van der Waals surface area contributed by atoms with E-state index < -0.39 is 16.1 Å². The van der Waals surface area contributed by atoms with Gasteiger partial charge in [-0.2, -0.15) is 0 Å². The highest BCUT2D eigenvalue weighted by Crippen LogP contribution is 2.27. The molecule has 0 amide bonds. The third-order valence-corrected chi connectivity index (χ3v) is 7.41. The first-order valence-corrected chi connectivity index (χ1v) is 11.9. The van der Waals surface area contributed by atoms with Crippen molar-refractivity contribution < 1.29 is 13.5 Å². The van der Waals surface area contributed by atoms with Gasteiger partial charge in [-0.25, -0.2) is 13.1 Å². The first-order chi connectivity index (χ1) is 13.5. The maximum absolute atomic E-state index is 12.8. The number of fused-ring (bicyclic) bond motifs is 1. The average Bonchev–Trinajstić information content (AvgIpc) is 2.72. The topological polar surface area (TPSA) is 69.6 Å². The van der Waals surface area contributed by atoms with E-state index in [1.807, 2.05) is 30.3 Å². The number of likely N-dealkylation sites (tertiary alicyclic amines) is 1. The summed E-state index contributed by atoms with van der Waals surface area (Å²) in [6.45, 7) is 4.90. The molecule has 2 N–H and O–H groups in total. The summed E-state index contributed by atoms with van der Waals surface area (Å²) in [5.41, 5.74) is 0. The normalized spacial score (nSPS) is 22.4. The number of aliphatic hydroxyl groups is 1. The molecule has 0 aliphatic carbocycles. The minimum Gasteiger partial charge on any atom is -0.390 e. The molecule has 1 aliphatic heterocycles. The van der Waals surface area contributed by atoms with Crippen molar-refractivity contribution in [2.24, 2.45) is 0 Å². The van der Waals surface area contributed by atoms with Crippen LogP contribution < -0.4 is 4.72 Å². The van der Waals surface area contributed by atoms with Crippen LogP contribution >= 0.6 is 0 Å². The van der Waals surface area contributed by atoms with Gasteiger partial charge < -0.3 is 5.11 Å². The van der Waals surface area contributed by atoms with E-state index in [1.54, 1.807) is 12.1 Å². The molecule has 1 saturated heterocycles. The van der Waals surface area contributed by atoms with Crippen molar-refractivity contribution in [3.63, 3.8) is 0 Å². The summed E-state index contributed by atoms with van der Waals surface area (Å²) >= 11 is 0. The van der Waals surface area contributed by atoms with Crippen molar-refractivity contribution in [3.05, 3.63) is 42.5 Å². The smallest absolute Gasteiger partial charge is 0.241 e. The van der Waals surface area contributed by atoms with Crippen molar-refractivity contribution in [1.29, 1.82) is 0 Å². The van der Waals surface area contributed by atoms with Gasteiger partial charge in [0, 0.05) is 30.6 Å². The Morgan fingerprint density at radius 3 is 2.39 bits per heavy atom. The van der Waals surface area contributed by atoms with Crippen LogP contribution in [-0.2, 0) is 10.0 Å². The lowest BCUT2D eigenvalue weighted by atomic mass is 9.92. The van der Waals surface area contributed by atoms with E-state index in [0.29, 0.717) is 24.0 Å². The molecule has 0 aromatic heterocycles. The van der Waals surface area contributed by atoms with Crippen molar-refractivity contribution in [2.75, 3.05) is 13.1 Å². The fraction of sp³-hybridized carbons (Fsp3) is 0.545. The largest absolute Gasteiger partial charge is 0.390 e. The number of nitrogens with one attached hydrogen (secondary N) is 1. The highest BCUT2D eigenvalue weighted by Gasteiger charge is 2.30. The molecule has 1 fully saturated rings. The Hall–Kier alpha value is -1.47. The van der Waals surface area contributed by atoms with Gasteiger partial charge in [0.2, 0.25) is 10.0 Å². The van der Waals surface area contributed by atoms with Gasteiger partial charge in [0.05, 0.1) is 11.0 Å². The predicted octanol–water partition coefficient (Wildman–Crippen LogP) is 3.52. The lowest BCUT2D eigenvalue weighted by Gasteiger charge is -2.42. The van der Waals surface area contributed by atoms with Crippen molar-refractivity contribution in [2.45, 2.75) is 69.0 Å². The number of sulfonamides is 1. The number of rotatable bonds is 8. The van der Waals surface area contributed by atoms with Gasteiger partial charge >= 0.3 is 0 Å². The molecule has 2 aromatic carbocycles. The lowest BCUT2D eigenvalue weighted by Crippen LogP contribution is -2.51. The molecular weight excluding hydrogens is 372 g/mol. The fourth-order valence-corrected chi connectivity index (χ4v) is 5.72. The second-order valence-corrected chi connectivity index (χ2v) is 9.47. The van der Waals surface area contributed by atoms with E-state index in [9.17, 15) is 13.5 Å². The molecule has 1 heterocycles. The number of benzene rings is 2. The van der Waals surface area contributed by atoms with Crippen molar-refractivity contribution in [3.8, 4) is 0 Å². The van der Waals surface area contributed by atoms with E-state index >= 15 is 0 Å². The minimum atomic E-state index is -3.69. The lowest BCUT2D eigenvalue weighted by molar-refractivity contribution is 0.0279. The first-order valence-electron chi connectivity index (χ1n) is 10.4. The van der Waals surface area contributed by atoms with Crippen LogP contribution in [0.3, 0.4) is 0 Å². The Morgan fingerprint density at radius 1 is 1.07 bits per heavy atom. The zero-order chi connectivity index (χ0) is 20.1.